The van der Waals surface area contributed by atoms with Crippen molar-refractivity contribution < 1.29 is 9.53 Å². The van der Waals surface area contributed by atoms with E-state index in [-0.39, 0.29) is 12.4 Å². The molecule has 0 spiro atoms. The van der Waals surface area contributed by atoms with Gasteiger partial charge in [-0.2, -0.15) is 5.11 Å². The average Bonchev–Trinajstić information content (AvgIpc) is 2.54. The highest BCUT2D eigenvalue weighted by Gasteiger charge is 2.21. The monoisotopic (exact) mass is 398 g/mol. The maximum absolute atomic E-state index is 11.9. The number of halogens is 3. The predicted octanol–water partition coefficient (Wildman–Crippen LogP) is 7.06. The van der Waals surface area contributed by atoms with Crippen LogP contribution in [0, 0.1) is 5.41 Å². The molecular weight excluding hydrogens is 383 g/mol. The molecule has 0 aliphatic heterocycles. The van der Waals surface area contributed by atoms with Crippen LogP contribution in [0.15, 0.2) is 46.6 Å². The molecule has 132 valence electrons. The van der Waals surface area contributed by atoms with Gasteiger partial charge in [-0.3, -0.25) is 4.79 Å². The molecule has 2 aromatic rings. The molecule has 0 saturated carbocycles. The lowest BCUT2D eigenvalue weighted by molar-refractivity contribution is -0.128. The Hall–Kier alpha value is -1.62. The van der Waals surface area contributed by atoms with Crippen LogP contribution in [-0.2, 0) is 4.79 Å². The van der Waals surface area contributed by atoms with Gasteiger partial charge >= 0.3 is 0 Å². The topological polar surface area (TPSA) is 51.0 Å². The Bertz CT molecular complexity index is 797. The Morgan fingerprint density at radius 2 is 1.56 bits per heavy atom. The molecule has 0 atom stereocenters. The summed E-state index contributed by atoms with van der Waals surface area (Å²) in [7, 11) is 0. The number of ether oxygens (including phenoxy) is 1. The summed E-state index contributed by atoms with van der Waals surface area (Å²) in [6.07, 6.45) is 0. The van der Waals surface area contributed by atoms with Crippen LogP contribution in [0.4, 0.5) is 11.4 Å². The van der Waals surface area contributed by atoms with Crippen molar-refractivity contribution in [1.29, 1.82) is 0 Å². The van der Waals surface area contributed by atoms with Gasteiger partial charge < -0.3 is 4.74 Å². The molecule has 0 N–H and O–H groups in total. The van der Waals surface area contributed by atoms with Gasteiger partial charge in [0.1, 0.15) is 18.0 Å². The van der Waals surface area contributed by atoms with E-state index in [0.717, 1.165) is 0 Å². The molecule has 2 aromatic carbocycles. The van der Waals surface area contributed by atoms with Crippen molar-refractivity contribution in [2.75, 3.05) is 6.61 Å². The van der Waals surface area contributed by atoms with Crippen LogP contribution >= 0.6 is 34.8 Å². The third kappa shape index (κ3) is 5.70. The quantitative estimate of drug-likeness (QED) is 0.399. The first-order valence-electron chi connectivity index (χ1n) is 7.49. The molecule has 0 radical (unpaired) electrons. The van der Waals surface area contributed by atoms with E-state index in [2.05, 4.69) is 10.2 Å². The van der Waals surface area contributed by atoms with E-state index in [4.69, 9.17) is 39.5 Å². The van der Waals surface area contributed by atoms with Crippen molar-refractivity contribution in [3.8, 4) is 5.75 Å². The molecule has 0 aliphatic rings. The number of nitrogens with zero attached hydrogens (tertiary/aromatic N) is 2. The van der Waals surface area contributed by atoms with E-state index in [1.54, 1.807) is 30.3 Å². The molecule has 0 unspecified atom stereocenters. The van der Waals surface area contributed by atoms with Crippen LogP contribution in [-0.4, -0.2) is 12.4 Å². The molecule has 2 rings (SSSR count). The molecule has 0 heterocycles. The van der Waals surface area contributed by atoms with Crippen LogP contribution in [0.5, 0.6) is 5.75 Å². The fraction of sp³-hybridized carbons (Fsp3) is 0.278. The Morgan fingerprint density at radius 1 is 0.960 bits per heavy atom. The van der Waals surface area contributed by atoms with Crippen LogP contribution in [0.25, 0.3) is 0 Å². The van der Waals surface area contributed by atoms with E-state index < -0.39 is 5.41 Å². The van der Waals surface area contributed by atoms with E-state index in [9.17, 15) is 4.79 Å². The van der Waals surface area contributed by atoms with Crippen molar-refractivity contribution in [2.24, 2.45) is 15.6 Å². The summed E-state index contributed by atoms with van der Waals surface area (Å²) < 4.78 is 5.49. The first kappa shape index (κ1) is 19.7. The number of azo groups is 1. The van der Waals surface area contributed by atoms with Crippen LogP contribution < -0.4 is 4.74 Å². The normalized spacial score (nSPS) is 11.8. The van der Waals surface area contributed by atoms with Gasteiger partial charge in [0.15, 0.2) is 5.78 Å². The lowest BCUT2D eigenvalue weighted by Crippen LogP contribution is -2.26. The Balaban J connectivity index is 2.03. The van der Waals surface area contributed by atoms with Crippen molar-refractivity contribution in [3.63, 3.8) is 0 Å². The standard InChI is InChI=1S/C18H17Cl3N2O2/c1-18(2,3)17(24)10-25-12-6-4-11(5-7-12)22-23-16-9-14(20)13(19)8-15(16)21/h4-9H,10H2,1-3H3. The lowest BCUT2D eigenvalue weighted by Gasteiger charge is -2.16. The van der Waals surface area contributed by atoms with Gasteiger partial charge in [0.05, 0.1) is 20.8 Å². The zero-order chi connectivity index (χ0) is 18.6. The largest absolute Gasteiger partial charge is 0.486 e. The lowest BCUT2D eigenvalue weighted by atomic mass is 9.91. The predicted molar refractivity (Wildman–Crippen MR) is 102 cm³/mol. The maximum Gasteiger partial charge on any atom is 0.175 e. The SMILES string of the molecule is CC(C)(C)C(=O)COc1ccc(N=Nc2cc(Cl)c(Cl)cc2Cl)cc1. The third-order valence-electron chi connectivity index (χ3n) is 3.31. The summed E-state index contributed by atoms with van der Waals surface area (Å²) in [5.74, 6) is 0.620. The third-order valence-corrected chi connectivity index (χ3v) is 4.33. The highest BCUT2D eigenvalue weighted by Crippen LogP contribution is 2.35. The van der Waals surface area contributed by atoms with Gasteiger partial charge in [-0.25, -0.2) is 0 Å². The Kier molecular flexibility index (Phi) is 6.44. The minimum Gasteiger partial charge on any atom is -0.486 e. The second-order valence-electron chi connectivity index (χ2n) is 6.37. The zero-order valence-electron chi connectivity index (χ0n) is 14.0. The molecule has 0 aliphatic carbocycles. The second-order valence-corrected chi connectivity index (χ2v) is 7.60. The Labute approximate surface area is 161 Å². The molecule has 7 heteroatoms. The van der Waals surface area contributed by atoms with Gasteiger partial charge in [0.2, 0.25) is 0 Å². The fourth-order valence-corrected chi connectivity index (χ4v) is 2.25. The van der Waals surface area contributed by atoms with E-state index in [0.29, 0.717) is 32.2 Å². The van der Waals surface area contributed by atoms with Crippen molar-refractivity contribution in [2.45, 2.75) is 20.8 Å². The Morgan fingerprint density at radius 3 is 2.16 bits per heavy atom. The highest BCUT2D eigenvalue weighted by molar-refractivity contribution is 6.43. The summed E-state index contributed by atoms with van der Waals surface area (Å²) in [6.45, 7) is 5.60. The summed E-state index contributed by atoms with van der Waals surface area (Å²) in [6, 6.07) is 9.97. The summed E-state index contributed by atoms with van der Waals surface area (Å²) >= 11 is 17.9. The molecule has 0 amide bonds. The molecule has 0 aromatic heterocycles. The van der Waals surface area contributed by atoms with Gasteiger partial charge in [0.25, 0.3) is 0 Å². The first-order valence-corrected chi connectivity index (χ1v) is 8.62. The molecule has 0 saturated heterocycles. The van der Waals surface area contributed by atoms with Crippen LogP contribution in [0.2, 0.25) is 15.1 Å². The molecule has 0 fully saturated rings. The fourth-order valence-electron chi connectivity index (χ4n) is 1.67. The average molecular weight is 400 g/mol. The second kappa shape index (κ2) is 8.17. The summed E-state index contributed by atoms with van der Waals surface area (Å²) in [4.78, 5) is 11.9. The van der Waals surface area contributed by atoms with Gasteiger partial charge in [-0.15, -0.1) is 5.11 Å². The van der Waals surface area contributed by atoms with Gasteiger partial charge in [-0.05, 0) is 36.4 Å². The molecule has 25 heavy (non-hydrogen) atoms. The van der Waals surface area contributed by atoms with E-state index in [1.807, 2.05) is 20.8 Å². The molecule has 4 nitrogen and oxygen atoms in total. The summed E-state index contributed by atoms with van der Waals surface area (Å²) in [5, 5.41) is 9.24. The van der Waals surface area contributed by atoms with E-state index >= 15 is 0 Å². The van der Waals surface area contributed by atoms with Crippen molar-refractivity contribution in [3.05, 3.63) is 51.5 Å². The minimum atomic E-state index is -0.423. The number of carbonyl (C=O) groups is 1. The van der Waals surface area contributed by atoms with E-state index in [1.165, 1.54) is 6.07 Å². The van der Waals surface area contributed by atoms with Crippen LogP contribution in [0.3, 0.4) is 0 Å². The van der Waals surface area contributed by atoms with Crippen molar-refractivity contribution >= 4 is 52.0 Å². The zero-order valence-corrected chi connectivity index (χ0v) is 16.3. The minimum absolute atomic E-state index is 0.0310. The number of benzene rings is 2. The maximum atomic E-state index is 11.9. The highest BCUT2D eigenvalue weighted by atomic mass is 35.5. The molecule has 0 bridgehead atoms. The van der Waals surface area contributed by atoms with Crippen molar-refractivity contribution in [1.82, 2.24) is 0 Å². The molecular formula is C18H17Cl3N2O2. The number of rotatable bonds is 5. The number of hydrogen-bond donors (Lipinski definition) is 0. The first-order chi connectivity index (χ1) is 11.7. The number of hydrogen-bond acceptors (Lipinski definition) is 4. The number of ketones is 1. The smallest absolute Gasteiger partial charge is 0.175 e. The summed E-state index contributed by atoms with van der Waals surface area (Å²) in [5.41, 5.74) is 0.608. The number of Topliss-reactive ketones (excluding diaryl/α,β-unsaturated/α-hetero) is 1. The number of carbonyl (C=O) groups excluding carboxylic acids is 1. The van der Waals surface area contributed by atoms with Gasteiger partial charge in [0, 0.05) is 5.41 Å². The van der Waals surface area contributed by atoms with Crippen LogP contribution in [0.1, 0.15) is 20.8 Å². The van der Waals surface area contributed by atoms with Gasteiger partial charge in [-0.1, -0.05) is 55.6 Å².